The van der Waals surface area contributed by atoms with Gasteiger partial charge in [0.1, 0.15) is 12.0 Å². The molecule has 1 saturated heterocycles. The van der Waals surface area contributed by atoms with E-state index < -0.39 is 0 Å². The number of carbonyl (C=O) groups excluding carboxylic acids is 2. The highest BCUT2D eigenvalue weighted by molar-refractivity contribution is 6.33. The minimum atomic E-state index is -0.220. The normalized spacial score (nSPS) is 20.6. The van der Waals surface area contributed by atoms with E-state index in [4.69, 9.17) is 20.9 Å². The minimum absolute atomic E-state index is 0.0488. The van der Waals surface area contributed by atoms with E-state index in [0.717, 1.165) is 63.7 Å². The molecule has 1 aliphatic heterocycles. The van der Waals surface area contributed by atoms with Crippen LogP contribution in [0.25, 0.3) is 11.4 Å². The number of ether oxygens (including phenoxy) is 1. The fourth-order valence-electron chi connectivity index (χ4n) is 4.70. The Balaban J connectivity index is 1.09. The van der Waals surface area contributed by atoms with Crippen molar-refractivity contribution in [3.8, 4) is 17.1 Å². The predicted octanol–water partition coefficient (Wildman–Crippen LogP) is 3.72. The Hall–Kier alpha value is -3.53. The fourth-order valence-corrected chi connectivity index (χ4v) is 4.95. The van der Waals surface area contributed by atoms with Crippen LogP contribution in [0.2, 0.25) is 5.02 Å². The Morgan fingerprint density at radius 1 is 1.08 bits per heavy atom. The maximum Gasteiger partial charge on any atom is 0.272 e. The number of carbonyl (C=O) groups is 2. The molecule has 11 heteroatoms. The number of hydrogen-bond donors (Lipinski definition) is 1. The number of hydrogen-bond acceptors (Lipinski definition) is 9. The van der Waals surface area contributed by atoms with Gasteiger partial charge < -0.3 is 24.3 Å². The van der Waals surface area contributed by atoms with Crippen molar-refractivity contribution < 1.29 is 18.8 Å². The molecule has 2 aliphatic rings. The molecule has 1 aliphatic carbocycles. The third kappa shape index (κ3) is 5.64. The monoisotopic (exact) mass is 510 g/mol. The summed E-state index contributed by atoms with van der Waals surface area (Å²) in [6.45, 7) is 1.54. The Labute approximate surface area is 213 Å². The third-order valence-electron chi connectivity index (χ3n) is 6.79. The van der Waals surface area contributed by atoms with Crippen LogP contribution in [0, 0.1) is 5.92 Å². The van der Waals surface area contributed by atoms with Crippen LogP contribution in [0.4, 0.5) is 5.82 Å². The van der Waals surface area contributed by atoms with E-state index >= 15 is 0 Å². The van der Waals surface area contributed by atoms with Crippen molar-refractivity contribution in [3.05, 3.63) is 47.4 Å². The van der Waals surface area contributed by atoms with Crippen molar-refractivity contribution in [1.29, 1.82) is 0 Å². The maximum absolute atomic E-state index is 12.7. The second-order valence-electron chi connectivity index (χ2n) is 9.20. The SMILES string of the molecule is O=CC1CCN(c2ccc(C(=O)NC3CCC(Oc4ccc(-c5ncon5)c(Cl)c4)CC3)nn2)CC1. The highest BCUT2D eigenvalue weighted by Gasteiger charge is 2.25. The van der Waals surface area contributed by atoms with Crippen LogP contribution in [0.15, 0.2) is 41.2 Å². The number of aromatic nitrogens is 4. The first-order chi connectivity index (χ1) is 17.6. The van der Waals surface area contributed by atoms with Gasteiger partial charge in [0.25, 0.3) is 5.91 Å². The van der Waals surface area contributed by atoms with Crippen molar-refractivity contribution in [3.63, 3.8) is 0 Å². The van der Waals surface area contributed by atoms with Gasteiger partial charge in [0.05, 0.1) is 11.1 Å². The van der Waals surface area contributed by atoms with E-state index in [1.807, 2.05) is 18.2 Å². The van der Waals surface area contributed by atoms with Crippen LogP contribution >= 0.6 is 11.6 Å². The predicted molar refractivity (Wildman–Crippen MR) is 132 cm³/mol. The molecule has 1 N–H and O–H groups in total. The average Bonchev–Trinajstić information content (AvgIpc) is 3.45. The zero-order valence-electron chi connectivity index (χ0n) is 19.7. The van der Waals surface area contributed by atoms with Gasteiger partial charge in [-0.25, -0.2) is 0 Å². The molecule has 0 bridgehead atoms. The number of benzene rings is 1. The largest absolute Gasteiger partial charge is 0.490 e. The topological polar surface area (TPSA) is 123 Å². The van der Waals surface area contributed by atoms with E-state index in [-0.39, 0.29) is 24.0 Å². The summed E-state index contributed by atoms with van der Waals surface area (Å²) in [5.41, 5.74) is 0.985. The second-order valence-corrected chi connectivity index (χ2v) is 9.61. The summed E-state index contributed by atoms with van der Waals surface area (Å²) in [6, 6.07) is 9.01. The van der Waals surface area contributed by atoms with Gasteiger partial charge in [-0.3, -0.25) is 4.79 Å². The highest BCUT2D eigenvalue weighted by Crippen LogP contribution is 2.31. The molecule has 2 aromatic heterocycles. The minimum Gasteiger partial charge on any atom is -0.490 e. The molecule has 1 amide bonds. The summed E-state index contributed by atoms with van der Waals surface area (Å²) in [7, 11) is 0. The van der Waals surface area contributed by atoms with Crippen LogP contribution in [-0.4, -0.2) is 57.8 Å². The number of amides is 1. The summed E-state index contributed by atoms with van der Waals surface area (Å²) < 4.78 is 10.9. The van der Waals surface area contributed by atoms with Gasteiger partial charge in [-0.05, 0) is 68.9 Å². The Bertz CT molecular complexity index is 1170. The number of anilines is 1. The van der Waals surface area contributed by atoms with Crippen LogP contribution in [-0.2, 0) is 4.79 Å². The van der Waals surface area contributed by atoms with Gasteiger partial charge in [0.15, 0.2) is 11.5 Å². The molecule has 10 nitrogen and oxygen atoms in total. The van der Waals surface area contributed by atoms with Crippen molar-refractivity contribution in [1.82, 2.24) is 25.7 Å². The highest BCUT2D eigenvalue weighted by atomic mass is 35.5. The number of halogens is 1. The smallest absolute Gasteiger partial charge is 0.272 e. The zero-order chi connectivity index (χ0) is 24.9. The maximum atomic E-state index is 12.7. The Kier molecular flexibility index (Phi) is 7.41. The number of rotatable bonds is 7. The third-order valence-corrected chi connectivity index (χ3v) is 7.11. The standard InChI is InChI=1S/C25H27ClN6O4/c26-21-13-19(5-6-20(21)24-27-15-35-31-24)36-18-3-1-17(2-4-18)28-25(34)22-7-8-23(30-29-22)32-11-9-16(14-33)10-12-32/h5-8,13-18H,1-4,9-12H2,(H,28,34). The van der Waals surface area contributed by atoms with E-state index in [9.17, 15) is 9.59 Å². The first-order valence-electron chi connectivity index (χ1n) is 12.2. The van der Waals surface area contributed by atoms with Gasteiger partial charge in [-0.2, -0.15) is 4.98 Å². The fraction of sp³-hybridized carbons (Fsp3) is 0.440. The molecule has 0 spiro atoms. The van der Waals surface area contributed by atoms with Crippen molar-refractivity contribution in [2.45, 2.75) is 50.7 Å². The van der Waals surface area contributed by atoms with Crippen molar-refractivity contribution in [2.75, 3.05) is 18.0 Å². The average molecular weight is 511 g/mol. The van der Waals surface area contributed by atoms with E-state index in [1.54, 1.807) is 12.1 Å². The summed E-state index contributed by atoms with van der Waals surface area (Å²) in [4.78, 5) is 29.7. The molecular weight excluding hydrogens is 484 g/mol. The number of nitrogens with zero attached hydrogens (tertiary/aromatic N) is 5. The lowest BCUT2D eigenvalue weighted by molar-refractivity contribution is -0.111. The molecule has 3 heterocycles. The molecule has 3 aromatic rings. The Morgan fingerprint density at radius 2 is 1.89 bits per heavy atom. The number of nitrogens with one attached hydrogen (secondary N) is 1. The van der Waals surface area contributed by atoms with Gasteiger partial charge in [0, 0.05) is 30.6 Å². The van der Waals surface area contributed by atoms with Crippen molar-refractivity contribution >= 4 is 29.6 Å². The van der Waals surface area contributed by atoms with Crippen molar-refractivity contribution in [2.24, 2.45) is 5.92 Å². The first-order valence-corrected chi connectivity index (χ1v) is 12.5. The second kappa shape index (κ2) is 11.0. The molecule has 5 rings (SSSR count). The van der Waals surface area contributed by atoms with Gasteiger partial charge >= 0.3 is 0 Å². The quantitative estimate of drug-likeness (QED) is 0.473. The molecule has 1 aromatic carbocycles. The summed E-state index contributed by atoms with van der Waals surface area (Å²) in [5.74, 6) is 1.76. The summed E-state index contributed by atoms with van der Waals surface area (Å²) in [5, 5.41) is 15.8. The molecule has 2 fully saturated rings. The van der Waals surface area contributed by atoms with E-state index in [1.165, 1.54) is 6.39 Å². The number of aldehydes is 1. The molecule has 0 atom stereocenters. The van der Waals surface area contributed by atoms with E-state index in [0.29, 0.717) is 27.9 Å². The Morgan fingerprint density at radius 3 is 2.53 bits per heavy atom. The van der Waals surface area contributed by atoms with Crippen LogP contribution in [0.5, 0.6) is 5.75 Å². The summed E-state index contributed by atoms with van der Waals surface area (Å²) in [6.07, 6.45) is 7.22. The first kappa shape index (κ1) is 24.2. The van der Waals surface area contributed by atoms with Crippen LogP contribution in [0.3, 0.4) is 0 Å². The molecular formula is C25H27ClN6O4. The lowest BCUT2D eigenvalue weighted by Crippen LogP contribution is -2.40. The lowest BCUT2D eigenvalue weighted by Gasteiger charge is -2.30. The summed E-state index contributed by atoms with van der Waals surface area (Å²) >= 11 is 6.37. The number of piperidine rings is 1. The van der Waals surface area contributed by atoms with Gasteiger partial charge in [0.2, 0.25) is 12.2 Å². The molecule has 36 heavy (non-hydrogen) atoms. The van der Waals surface area contributed by atoms with Gasteiger partial charge in [-0.1, -0.05) is 16.8 Å². The molecule has 1 saturated carbocycles. The molecule has 0 unspecified atom stereocenters. The zero-order valence-corrected chi connectivity index (χ0v) is 20.4. The lowest BCUT2D eigenvalue weighted by atomic mass is 9.92. The molecule has 188 valence electrons. The van der Waals surface area contributed by atoms with Crippen LogP contribution < -0.4 is 15.0 Å². The van der Waals surface area contributed by atoms with E-state index in [2.05, 4.69) is 30.6 Å². The van der Waals surface area contributed by atoms with Gasteiger partial charge in [-0.15, -0.1) is 10.2 Å². The van der Waals surface area contributed by atoms with Crippen LogP contribution in [0.1, 0.15) is 49.0 Å². The molecule has 0 radical (unpaired) electrons.